The average Bonchev–Trinajstić information content (AvgIpc) is 3.43. The highest BCUT2D eigenvalue weighted by atomic mass is 16.1. The van der Waals surface area contributed by atoms with Crippen LogP contribution in [0.3, 0.4) is 0 Å². The molecule has 1 aliphatic rings. The zero-order valence-corrected chi connectivity index (χ0v) is 16.1. The third kappa shape index (κ3) is 3.51. The van der Waals surface area contributed by atoms with Gasteiger partial charge in [0.2, 0.25) is 5.95 Å². The van der Waals surface area contributed by atoms with Crippen molar-refractivity contribution in [2.45, 2.75) is 32.2 Å². The lowest BCUT2D eigenvalue weighted by molar-refractivity contribution is 0.659. The molecule has 0 unspecified atom stereocenters. The molecule has 0 spiro atoms. The van der Waals surface area contributed by atoms with Crippen LogP contribution in [0.5, 0.6) is 0 Å². The zero-order valence-electron chi connectivity index (χ0n) is 16.1. The number of aromatic nitrogens is 5. The molecule has 4 aromatic rings. The fraction of sp³-hybridized carbons (Fsp3) is 0.273. The number of benzene rings is 1. The van der Waals surface area contributed by atoms with E-state index < -0.39 is 0 Å². The van der Waals surface area contributed by atoms with Crippen LogP contribution < -0.4 is 10.7 Å². The second-order valence-electron chi connectivity index (χ2n) is 7.37. The maximum atomic E-state index is 12.3. The molecule has 0 saturated heterocycles. The van der Waals surface area contributed by atoms with Crippen molar-refractivity contribution >= 4 is 17.0 Å². The van der Waals surface area contributed by atoms with E-state index in [1.165, 1.54) is 17.5 Å². The summed E-state index contributed by atoms with van der Waals surface area (Å²) in [5.74, 6) is 0.531. The first-order valence-electron chi connectivity index (χ1n) is 9.98. The molecule has 1 N–H and O–H groups in total. The van der Waals surface area contributed by atoms with Crippen molar-refractivity contribution in [2.75, 3.05) is 11.9 Å². The number of nitrogens with one attached hydrogen (secondary N) is 1. The number of nitrogens with zero attached hydrogens (tertiary/aromatic N) is 5. The number of anilines is 1. The molecule has 146 valence electrons. The second kappa shape index (κ2) is 7.50. The molecule has 5 rings (SSSR count). The SMILES string of the molecule is O=c1ccn(-c2ccc3c(c2)CCC3)c2nc(NCCCn3ccnc3)ncc12. The van der Waals surface area contributed by atoms with E-state index in [1.54, 1.807) is 24.7 Å². The summed E-state index contributed by atoms with van der Waals surface area (Å²) in [5.41, 5.74) is 4.40. The molecule has 1 aromatic carbocycles. The summed E-state index contributed by atoms with van der Waals surface area (Å²) in [4.78, 5) is 25.4. The Morgan fingerprint density at radius 1 is 1.10 bits per heavy atom. The Bertz CT molecular complexity index is 1210. The van der Waals surface area contributed by atoms with Gasteiger partial charge in [0.25, 0.3) is 0 Å². The molecule has 29 heavy (non-hydrogen) atoms. The fourth-order valence-corrected chi connectivity index (χ4v) is 3.92. The van der Waals surface area contributed by atoms with Gasteiger partial charge >= 0.3 is 0 Å². The molecule has 0 amide bonds. The minimum absolute atomic E-state index is 0.0657. The van der Waals surface area contributed by atoms with E-state index >= 15 is 0 Å². The van der Waals surface area contributed by atoms with Crippen LogP contribution in [0.2, 0.25) is 0 Å². The highest BCUT2D eigenvalue weighted by Crippen LogP contribution is 2.25. The summed E-state index contributed by atoms with van der Waals surface area (Å²) in [6, 6.07) is 8.09. The lowest BCUT2D eigenvalue weighted by atomic mass is 10.1. The Morgan fingerprint density at radius 2 is 2.03 bits per heavy atom. The number of fused-ring (bicyclic) bond motifs is 2. The van der Waals surface area contributed by atoms with Crippen molar-refractivity contribution in [3.8, 4) is 5.69 Å². The molecule has 0 saturated carbocycles. The molecule has 0 atom stereocenters. The highest BCUT2D eigenvalue weighted by Gasteiger charge is 2.13. The van der Waals surface area contributed by atoms with E-state index in [-0.39, 0.29) is 5.43 Å². The minimum Gasteiger partial charge on any atom is -0.354 e. The minimum atomic E-state index is -0.0657. The summed E-state index contributed by atoms with van der Waals surface area (Å²) in [7, 11) is 0. The molecule has 1 aliphatic carbocycles. The van der Waals surface area contributed by atoms with Gasteiger partial charge in [-0.05, 0) is 48.9 Å². The zero-order chi connectivity index (χ0) is 19.6. The Kier molecular flexibility index (Phi) is 4.56. The van der Waals surface area contributed by atoms with Gasteiger partial charge in [0.1, 0.15) is 0 Å². The molecule has 3 heterocycles. The monoisotopic (exact) mass is 386 g/mol. The summed E-state index contributed by atoms with van der Waals surface area (Å²) >= 11 is 0. The lowest BCUT2D eigenvalue weighted by Crippen LogP contribution is -2.12. The molecule has 0 radical (unpaired) electrons. The van der Waals surface area contributed by atoms with Crippen LogP contribution in [0.4, 0.5) is 5.95 Å². The number of hydrogen-bond donors (Lipinski definition) is 1. The smallest absolute Gasteiger partial charge is 0.224 e. The quantitative estimate of drug-likeness (QED) is 0.516. The fourth-order valence-electron chi connectivity index (χ4n) is 3.92. The van der Waals surface area contributed by atoms with Gasteiger partial charge in [-0.2, -0.15) is 4.98 Å². The van der Waals surface area contributed by atoms with E-state index in [0.717, 1.165) is 38.0 Å². The molecular formula is C22H22N6O. The molecule has 0 fully saturated rings. The molecule has 7 heteroatoms. The third-order valence-corrected chi connectivity index (χ3v) is 5.43. The summed E-state index contributed by atoms with van der Waals surface area (Å²) in [6.07, 6.45) is 13.3. The van der Waals surface area contributed by atoms with Crippen molar-refractivity contribution in [3.05, 3.63) is 76.7 Å². The van der Waals surface area contributed by atoms with E-state index in [1.807, 2.05) is 21.7 Å². The predicted molar refractivity (Wildman–Crippen MR) is 112 cm³/mol. The molecule has 0 bridgehead atoms. The number of rotatable bonds is 6. The topological polar surface area (TPSA) is 77.6 Å². The molecule has 7 nitrogen and oxygen atoms in total. The maximum Gasteiger partial charge on any atom is 0.224 e. The summed E-state index contributed by atoms with van der Waals surface area (Å²) in [5, 5.41) is 3.79. The van der Waals surface area contributed by atoms with Gasteiger partial charge in [0.05, 0.1) is 11.7 Å². The highest BCUT2D eigenvalue weighted by molar-refractivity contribution is 5.76. The van der Waals surface area contributed by atoms with Crippen LogP contribution in [0.1, 0.15) is 24.0 Å². The summed E-state index contributed by atoms with van der Waals surface area (Å²) in [6.45, 7) is 1.61. The van der Waals surface area contributed by atoms with Crippen molar-refractivity contribution in [3.63, 3.8) is 0 Å². The second-order valence-corrected chi connectivity index (χ2v) is 7.37. The van der Waals surface area contributed by atoms with Crippen LogP contribution in [-0.2, 0) is 19.4 Å². The number of aryl methyl sites for hydroxylation is 3. The molecule has 3 aromatic heterocycles. The predicted octanol–water partition coefficient (Wildman–Crippen LogP) is 2.97. The lowest BCUT2D eigenvalue weighted by Gasteiger charge is -2.13. The van der Waals surface area contributed by atoms with Crippen molar-refractivity contribution in [1.82, 2.24) is 24.1 Å². The third-order valence-electron chi connectivity index (χ3n) is 5.43. The van der Waals surface area contributed by atoms with E-state index in [9.17, 15) is 4.79 Å². The van der Waals surface area contributed by atoms with Gasteiger partial charge in [0.15, 0.2) is 11.1 Å². The Morgan fingerprint density at radius 3 is 2.93 bits per heavy atom. The van der Waals surface area contributed by atoms with Crippen LogP contribution in [-0.4, -0.2) is 30.6 Å². The first kappa shape index (κ1) is 17.6. The average molecular weight is 386 g/mol. The van der Waals surface area contributed by atoms with Gasteiger partial charge in [-0.15, -0.1) is 0 Å². The van der Waals surface area contributed by atoms with Gasteiger partial charge in [-0.1, -0.05) is 6.07 Å². The number of pyridine rings is 1. The van der Waals surface area contributed by atoms with Gasteiger partial charge in [0, 0.05) is 49.6 Å². The van der Waals surface area contributed by atoms with Crippen LogP contribution in [0, 0.1) is 0 Å². The van der Waals surface area contributed by atoms with Crippen LogP contribution >= 0.6 is 0 Å². The standard InChI is InChI=1S/C22H22N6O/c29-20-7-11-28(18-6-5-16-3-1-4-17(16)13-18)21-19(20)14-25-22(26-21)24-8-2-10-27-12-9-23-15-27/h5-7,9,11-15H,1-4,8,10H2,(H,24,25,26). The maximum absolute atomic E-state index is 12.3. The van der Waals surface area contributed by atoms with E-state index in [2.05, 4.69) is 38.5 Å². The van der Waals surface area contributed by atoms with Crippen molar-refractivity contribution in [1.29, 1.82) is 0 Å². The Hall–Kier alpha value is -3.48. The van der Waals surface area contributed by atoms with Crippen molar-refractivity contribution < 1.29 is 0 Å². The first-order valence-corrected chi connectivity index (χ1v) is 9.98. The van der Waals surface area contributed by atoms with Crippen molar-refractivity contribution in [2.24, 2.45) is 0 Å². The van der Waals surface area contributed by atoms with Gasteiger partial charge in [-0.3, -0.25) is 4.79 Å². The Balaban J connectivity index is 1.43. The summed E-state index contributed by atoms with van der Waals surface area (Å²) < 4.78 is 4.02. The van der Waals surface area contributed by atoms with Crippen LogP contribution in [0.25, 0.3) is 16.7 Å². The first-order chi connectivity index (χ1) is 14.3. The molecular weight excluding hydrogens is 364 g/mol. The number of hydrogen-bond acceptors (Lipinski definition) is 5. The van der Waals surface area contributed by atoms with E-state index in [4.69, 9.17) is 0 Å². The molecule has 0 aliphatic heterocycles. The van der Waals surface area contributed by atoms with Gasteiger partial charge in [-0.25, -0.2) is 9.97 Å². The van der Waals surface area contributed by atoms with Gasteiger partial charge < -0.3 is 14.5 Å². The van der Waals surface area contributed by atoms with E-state index in [0.29, 0.717) is 17.0 Å². The number of imidazole rings is 1. The normalized spacial score (nSPS) is 13.0. The largest absolute Gasteiger partial charge is 0.354 e. The Labute approximate surface area is 168 Å². The van der Waals surface area contributed by atoms with Crippen LogP contribution in [0.15, 0.2) is 60.2 Å².